The monoisotopic (exact) mass is 318 g/mol. The molecule has 5 heteroatoms. The third-order valence-corrected chi connectivity index (χ3v) is 5.17. The molecule has 24 heavy (non-hydrogen) atoms. The molecule has 2 aromatic heterocycles. The molecule has 1 aliphatic carbocycles. The molecule has 1 amide bonds. The number of imidazole rings is 1. The molecule has 5 rings (SSSR count). The molecule has 5 nitrogen and oxygen atoms in total. The zero-order chi connectivity index (χ0) is 16.1. The summed E-state index contributed by atoms with van der Waals surface area (Å²) < 4.78 is 1.99. The lowest BCUT2D eigenvalue weighted by Gasteiger charge is -2.08. The Morgan fingerprint density at radius 2 is 2.04 bits per heavy atom. The van der Waals surface area contributed by atoms with Gasteiger partial charge in [-0.2, -0.15) is 0 Å². The van der Waals surface area contributed by atoms with Crippen molar-refractivity contribution in [3.05, 3.63) is 60.4 Å². The Hall–Kier alpha value is -2.66. The number of carbonyl (C=O) groups is 1. The Morgan fingerprint density at radius 1 is 1.17 bits per heavy atom. The quantitative estimate of drug-likeness (QED) is 0.776. The summed E-state index contributed by atoms with van der Waals surface area (Å²) >= 11 is 0. The van der Waals surface area contributed by atoms with Gasteiger partial charge < -0.3 is 15.0 Å². The van der Waals surface area contributed by atoms with E-state index in [0.717, 1.165) is 30.0 Å². The fraction of sp³-hybridized carbons (Fsp3) is 0.263. The summed E-state index contributed by atoms with van der Waals surface area (Å²) in [7, 11) is 0. The van der Waals surface area contributed by atoms with E-state index in [1.807, 2.05) is 59.3 Å². The molecule has 0 bridgehead atoms. The van der Waals surface area contributed by atoms with Gasteiger partial charge in [0.25, 0.3) is 5.91 Å². The van der Waals surface area contributed by atoms with Gasteiger partial charge in [-0.05, 0) is 36.1 Å². The van der Waals surface area contributed by atoms with Crippen LogP contribution in [0.15, 0.2) is 54.9 Å². The minimum absolute atomic E-state index is 0.0139. The third-order valence-electron chi connectivity index (χ3n) is 5.17. The van der Waals surface area contributed by atoms with Crippen LogP contribution in [0, 0.1) is 11.8 Å². The maximum absolute atomic E-state index is 12.5. The van der Waals surface area contributed by atoms with Crippen molar-refractivity contribution in [1.29, 1.82) is 0 Å². The average molecular weight is 318 g/mol. The predicted octanol–water partition coefficient (Wildman–Crippen LogP) is 1.95. The van der Waals surface area contributed by atoms with Crippen molar-refractivity contribution in [2.24, 2.45) is 11.8 Å². The van der Waals surface area contributed by atoms with E-state index < -0.39 is 0 Å². The molecule has 3 heterocycles. The number of hydrogen-bond acceptors (Lipinski definition) is 3. The Kier molecular flexibility index (Phi) is 2.97. The van der Waals surface area contributed by atoms with Gasteiger partial charge in [0, 0.05) is 42.7 Å². The van der Waals surface area contributed by atoms with Crippen LogP contribution in [0.5, 0.6) is 0 Å². The normalized spacial score (nSPS) is 24.8. The Labute approximate surface area is 139 Å². The van der Waals surface area contributed by atoms with Crippen LogP contribution in [0.2, 0.25) is 0 Å². The van der Waals surface area contributed by atoms with E-state index in [1.165, 1.54) is 0 Å². The van der Waals surface area contributed by atoms with Crippen LogP contribution in [-0.2, 0) is 0 Å². The highest BCUT2D eigenvalue weighted by Gasteiger charge is 2.53. The summed E-state index contributed by atoms with van der Waals surface area (Å²) in [5, 5.41) is 6.52. The van der Waals surface area contributed by atoms with Crippen LogP contribution in [0.3, 0.4) is 0 Å². The predicted molar refractivity (Wildman–Crippen MR) is 91.7 cm³/mol. The molecule has 2 aliphatic rings. The highest BCUT2D eigenvalue weighted by molar-refractivity contribution is 5.95. The number of hydrogen-bond donors (Lipinski definition) is 2. The minimum atomic E-state index is 0.0139. The van der Waals surface area contributed by atoms with Gasteiger partial charge in [-0.3, -0.25) is 4.79 Å². The number of nitrogens with one attached hydrogen (secondary N) is 2. The van der Waals surface area contributed by atoms with Crippen molar-refractivity contribution < 1.29 is 4.79 Å². The third kappa shape index (κ3) is 2.20. The van der Waals surface area contributed by atoms with Gasteiger partial charge in [0.2, 0.25) is 0 Å². The molecule has 3 aromatic rings. The second-order valence-corrected chi connectivity index (χ2v) is 6.66. The molecule has 2 fully saturated rings. The number of piperidine rings is 1. The maximum atomic E-state index is 12.5. The molecule has 1 aromatic carbocycles. The molecule has 2 unspecified atom stereocenters. The summed E-state index contributed by atoms with van der Waals surface area (Å²) in [5.41, 5.74) is 3.44. The average Bonchev–Trinajstić information content (AvgIpc) is 3.02. The topological polar surface area (TPSA) is 58.4 Å². The second-order valence-electron chi connectivity index (χ2n) is 6.66. The van der Waals surface area contributed by atoms with E-state index in [1.54, 1.807) is 0 Å². The molecule has 120 valence electrons. The lowest BCUT2D eigenvalue weighted by molar-refractivity contribution is 0.0946. The summed E-state index contributed by atoms with van der Waals surface area (Å²) in [5.74, 6) is 1.26. The van der Waals surface area contributed by atoms with Gasteiger partial charge in [0.05, 0.1) is 5.69 Å². The number of carbonyl (C=O) groups excluding carboxylic acids is 1. The lowest BCUT2D eigenvalue weighted by atomic mass is 10.1. The first-order valence-electron chi connectivity index (χ1n) is 8.35. The lowest BCUT2D eigenvalue weighted by Crippen LogP contribution is -2.32. The molecule has 1 aliphatic heterocycles. The number of pyridine rings is 1. The van der Waals surface area contributed by atoms with E-state index in [-0.39, 0.29) is 5.91 Å². The van der Waals surface area contributed by atoms with Crippen LogP contribution in [0.25, 0.3) is 16.9 Å². The molecule has 3 atom stereocenters. The van der Waals surface area contributed by atoms with Crippen LogP contribution < -0.4 is 10.6 Å². The molecule has 0 spiro atoms. The van der Waals surface area contributed by atoms with Crippen molar-refractivity contribution in [2.45, 2.75) is 6.04 Å². The zero-order valence-electron chi connectivity index (χ0n) is 13.1. The maximum Gasteiger partial charge on any atom is 0.251 e. The van der Waals surface area contributed by atoms with Gasteiger partial charge in [-0.1, -0.05) is 18.2 Å². The number of aromatic nitrogens is 2. The fourth-order valence-electron chi connectivity index (χ4n) is 3.76. The Bertz CT molecular complexity index is 889. The van der Waals surface area contributed by atoms with E-state index in [2.05, 4.69) is 15.6 Å². The van der Waals surface area contributed by atoms with Crippen LogP contribution in [0.1, 0.15) is 10.4 Å². The minimum Gasteiger partial charge on any atom is -0.349 e. The van der Waals surface area contributed by atoms with Gasteiger partial charge >= 0.3 is 0 Å². The number of amides is 1. The first kappa shape index (κ1) is 13.7. The van der Waals surface area contributed by atoms with Gasteiger partial charge in [-0.15, -0.1) is 0 Å². The Balaban J connectivity index is 1.40. The second kappa shape index (κ2) is 5.18. The molecular formula is C19H18N4O. The first-order chi connectivity index (χ1) is 11.8. The summed E-state index contributed by atoms with van der Waals surface area (Å²) in [4.78, 5) is 17.2. The first-order valence-corrected chi connectivity index (χ1v) is 8.35. The SMILES string of the molecule is O=C(NC1C2CNC[C@@H]21)c1cccc(-c2cn3ccccc3n2)c1. The molecule has 1 saturated carbocycles. The standard InChI is InChI=1S/C19H18N4O/c24-19(22-18-14-9-20-10-15(14)18)13-5-3-4-12(8-13)16-11-23-7-2-1-6-17(23)21-16/h1-8,11,14-15,18,20H,9-10H2,(H,22,24)/t14-,15?,18?/m0/s1. The highest BCUT2D eigenvalue weighted by atomic mass is 16.1. The van der Waals surface area contributed by atoms with E-state index in [0.29, 0.717) is 23.4 Å². The highest BCUT2D eigenvalue weighted by Crippen LogP contribution is 2.41. The van der Waals surface area contributed by atoms with Crippen molar-refractivity contribution in [3.8, 4) is 11.3 Å². The molecule has 2 N–H and O–H groups in total. The molecular weight excluding hydrogens is 300 g/mol. The van der Waals surface area contributed by atoms with E-state index in [9.17, 15) is 4.79 Å². The smallest absolute Gasteiger partial charge is 0.251 e. The van der Waals surface area contributed by atoms with Crippen molar-refractivity contribution in [1.82, 2.24) is 20.0 Å². The van der Waals surface area contributed by atoms with Crippen molar-refractivity contribution in [3.63, 3.8) is 0 Å². The van der Waals surface area contributed by atoms with E-state index in [4.69, 9.17) is 0 Å². The fourth-order valence-corrected chi connectivity index (χ4v) is 3.76. The molecule has 0 radical (unpaired) electrons. The van der Waals surface area contributed by atoms with E-state index >= 15 is 0 Å². The van der Waals surface area contributed by atoms with Crippen molar-refractivity contribution in [2.75, 3.05) is 13.1 Å². The zero-order valence-corrected chi connectivity index (χ0v) is 13.1. The van der Waals surface area contributed by atoms with Gasteiger partial charge in [0.15, 0.2) is 0 Å². The summed E-state index contributed by atoms with van der Waals surface area (Å²) in [6.45, 7) is 2.05. The summed E-state index contributed by atoms with van der Waals surface area (Å²) in [6.07, 6.45) is 3.96. The Morgan fingerprint density at radius 3 is 2.88 bits per heavy atom. The van der Waals surface area contributed by atoms with Crippen LogP contribution in [0.4, 0.5) is 0 Å². The largest absolute Gasteiger partial charge is 0.349 e. The number of fused-ring (bicyclic) bond motifs is 2. The number of nitrogens with zero attached hydrogens (tertiary/aromatic N) is 2. The van der Waals surface area contributed by atoms with Gasteiger partial charge in [0.1, 0.15) is 5.65 Å². The molecule has 1 saturated heterocycles. The van der Waals surface area contributed by atoms with Crippen LogP contribution >= 0.6 is 0 Å². The number of rotatable bonds is 3. The number of benzene rings is 1. The van der Waals surface area contributed by atoms with Gasteiger partial charge in [-0.25, -0.2) is 4.98 Å². The van der Waals surface area contributed by atoms with Crippen LogP contribution in [-0.4, -0.2) is 34.4 Å². The van der Waals surface area contributed by atoms with Crippen molar-refractivity contribution >= 4 is 11.6 Å². The summed E-state index contributed by atoms with van der Waals surface area (Å²) in [6, 6.07) is 14.0.